The first-order valence-electron chi connectivity index (χ1n) is 11.8. The Kier molecular flexibility index (Phi) is 6.42. The van der Waals surface area contributed by atoms with E-state index in [1.165, 1.54) is 12.1 Å². The first-order chi connectivity index (χ1) is 17.5. The van der Waals surface area contributed by atoms with Gasteiger partial charge in [0.05, 0.1) is 12.7 Å². The van der Waals surface area contributed by atoms with Crippen molar-refractivity contribution < 1.29 is 18.7 Å². The third-order valence-electron chi connectivity index (χ3n) is 6.55. The lowest BCUT2D eigenvalue weighted by Crippen LogP contribution is -2.18. The predicted molar refractivity (Wildman–Crippen MR) is 138 cm³/mol. The average molecular weight is 483 g/mol. The van der Waals surface area contributed by atoms with E-state index in [2.05, 4.69) is 12.6 Å². The summed E-state index contributed by atoms with van der Waals surface area (Å²) in [6.45, 7) is 4.74. The van der Waals surface area contributed by atoms with E-state index < -0.39 is 0 Å². The third-order valence-corrected chi connectivity index (χ3v) is 6.55. The zero-order chi connectivity index (χ0) is 25.2. The monoisotopic (exact) mass is 482 g/mol. The van der Waals surface area contributed by atoms with E-state index in [1.807, 2.05) is 30.3 Å². The van der Waals surface area contributed by atoms with E-state index in [0.29, 0.717) is 42.8 Å². The number of hydrogen-bond acceptors (Lipinski definition) is 4. The van der Waals surface area contributed by atoms with Gasteiger partial charge >= 0.3 is 0 Å². The predicted octanol–water partition coefficient (Wildman–Crippen LogP) is 5.87. The molecule has 1 aliphatic heterocycles. The number of pyridine rings is 1. The Morgan fingerprint density at radius 2 is 1.81 bits per heavy atom. The largest absolute Gasteiger partial charge is 0.497 e. The molecular formula is C30H27FN2O3. The number of rotatable bonds is 8. The summed E-state index contributed by atoms with van der Waals surface area (Å²) in [6, 6.07) is 16.2. The number of amides is 1. The molecule has 4 aromatic rings. The van der Waals surface area contributed by atoms with Crippen LogP contribution in [0.15, 0.2) is 73.4 Å². The minimum Gasteiger partial charge on any atom is -0.497 e. The number of methoxy groups -OCH3 is 1. The SMILES string of the molecule is C=CCc1c2c(c(OCc3ccc(OC)cc3)c3ncc(Cc4ccc(F)cc4)cc13)C(=O)N(C)C2. The number of allylic oxidation sites excluding steroid dienone is 1. The fourth-order valence-corrected chi connectivity index (χ4v) is 4.72. The molecule has 0 aliphatic carbocycles. The molecule has 2 heterocycles. The van der Waals surface area contributed by atoms with Gasteiger partial charge in [0.1, 0.15) is 23.7 Å². The molecule has 0 bridgehead atoms. The van der Waals surface area contributed by atoms with Crippen LogP contribution in [-0.2, 0) is 26.0 Å². The number of hydrogen-bond donors (Lipinski definition) is 0. The number of halogens is 1. The van der Waals surface area contributed by atoms with Crippen LogP contribution in [0, 0.1) is 5.82 Å². The van der Waals surface area contributed by atoms with Gasteiger partial charge in [0.25, 0.3) is 5.91 Å². The van der Waals surface area contributed by atoms with Gasteiger partial charge in [-0.05, 0) is 71.0 Å². The van der Waals surface area contributed by atoms with E-state index in [1.54, 1.807) is 37.4 Å². The lowest BCUT2D eigenvalue weighted by Gasteiger charge is -2.17. The molecule has 0 N–H and O–H groups in total. The summed E-state index contributed by atoms with van der Waals surface area (Å²) in [5.74, 6) is 0.947. The van der Waals surface area contributed by atoms with E-state index in [4.69, 9.17) is 14.5 Å². The van der Waals surface area contributed by atoms with Gasteiger partial charge in [-0.15, -0.1) is 6.58 Å². The van der Waals surface area contributed by atoms with Gasteiger partial charge in [-0.3, -0.25) is 9.78 Å². The third kappa shape index (κ3) is 4.42. The van der Waals surface area contributed by atoms with Gasteiger partial charge < -0.3 is 14.4 Å². The van der Waals surface area contributed by atoms with Crippen LogP contribution in [-0.4, -0.2) is 29.9 Å². The second kappa shape index (κ2) is 9.82. The van der Waals surface area contributed by atoms with Crippen molar-refractivity contribution >= 4 is 16.8 Å². The highest BCUT2D eigenvalue weighted by Crippen LogP contribution is 2.41. The van der Waals surface area contributed by atoms with E-state index in [-0.39, 0.29) is 11.7 Å². The molecule has 1 amide bonds. The van der Waals surface area contributed by atoms with Crippen LogP contribution in [0.1, 0.15) is 38.2 Å². The van der Waals surface area contributed by atoms with Crippen molar-refractivity contribution in [2.24, 2.45) is 0 Å². The quantitative estimate of drug-likeness (QED) is 0.295. The smallest absolute Gasteiger partial charge is 0.258 e. The van der Waals surface area contributed by atoms with E-state index in [0.717, 1.165) is 39.0 Å². The molecule has 0 spiro atoms. The molecule has 36 heavy (non-hydrogen) atoms. The zero-order valence-electron chi connectivity index (χ0n) is 20.4. The summed E-state index contributed by atoms with van der Waals surface area (Å²) in [4.78, 5) is 19.7. The number of aromatic nitrogens is 1. The van der Waals surface area contributed by atoms with Crippen LogP contribution in [0.4, 0.5) is 4.39 Å². The van der Waals surface area contributed by atoms with E-state index in [9.17, 15) is 9.18 Å². The molecule has 0 fully saturated rings. The first kappa shape index (κ1) is 23.5. The Morgan fingerprint density at radius 3 is 2.50 bits per heavy atom. The summed E-state index contributed by atoms with van der Waals surface area (Å²) in [7, 11) is 3.43. The Hall–Kier alpha value is -4.19. The summed E-state index contributed by atoms with van der Waals surface area (Å²) >= 11 is 0. The van der Waals surface area contributed by atoms with Crippen molar-refractivity contribution in [3.05, 3.63) is 113 Å². The van der Waals surface area contributed by atoms with Crippen LogP contribution >= 0.6 is 0 Å². The van der Waals surface area contributed by atoms with Crippen LogP contribution < -0.4 is 9.47 Å². The van der Waals surface area contributed by atoms with Crippen molar-refractivity contribution in [3.8, 4) is 11.5 Å². The van der Waals surface area contributed by atoms with Gasteiger partial charge in [-0.25, -0.2) is 4.39 Å². The van der Waals surface area contributed by atoms with Crippen molar-refractivity contribution in [1.29, 1.82) is 0 Å². The van der Waals surface area contributed by atoms with E-state index >= 15 is 0 Å². The molecule has 0 saturated heterocycles. The summed E-state index contributed by atoms with van der Waals surface area (Å²) in [6.07, 6.45) is 4.89. The van der Waals surface area contributed by atoms with Gasteiger partial charge in [0.15, 0.2) is 5.75 Å². The van der Waals surface area contributed by atoms with Crippen LogP contribution in [0.3, 0.4) is 0 Å². The first-order valence-corrected chi connectivity index (χ1v) is 11.8. The van der Waals surface area contributed by atoms with Crippen LogP contribution in [0.5, 0.6) is 11.5 Å². The van der Waals surface area contributed by atoms with Crippen LogP contribution in [0.25, 0.3) is 10.9 Å². The average Bonchev–Trinajstić information content (AvgIpc) is 3.19. The number of benzene rings is 3. The van der Waals surface area contributed by atoms with Crippen LogP contribution in [0.2, 0.25) is 0 Å². The maximum Gasteiger partial charge on any atom is 0.258 e. The number of carbonyl (C=O) groups excluding carboxylic acids is 1. The number of fused-ring (bicyclic) bond motifs is 2. The molecule has 0 saturated carbocycles. The molecule has 5 nitrogen and oxygen atoms in total. The molecule has 0 unspecified atom stereocenters. The lowest BCUT2D eigenvalue weighted by atomic mass is 9.93. The summed E-state index contributed by atoms with van der Waals surface area (Å²) < 4.78 is 24.9. The van der Waals surface area contributed by atoms with Crippen molar-refractivity contribution in [2.75, 3.05) is 14.2 Å². The molecule has 5 rings (SSSR count). The number of ether oxygens (including phenoxy) is 2. The molecule has 0 atom stereocenters. The second-order valence-electron chi connectivity index (χ2n) is 8.99. The topological polar surface area (TPSA) is 51.7 Å². The molecule has 1 aromatic heterocycles. The van der Waals surface area contributed by atoms with Crippen molar-refractivity contribution in [2.45, 2.75) is 26.0 Å². The van der Waals surface area contributed by atoms with Crippen molar-refractivity contribution in [3.63, 3.8) is 0 Å². The molecule has 3 aromatic carbocycles. The molecule has 0 radical (unpaired) electrons. The van der Waals surface area contributed by atoms with Gasteiger partial charge in [-0.2, -0.15) is 0 Å². The Bertz CT molecular complexity index is 1450. The van der Waals surface area contributed by atoms with Gasteiger partial charge in [-0.1, -0.05) is 30.3 Å². The lowest BCUT2D eigenvalue weighted by molar-refractivity contribution is 0.0813. The molecule has 182 valence electrons. The minimum absolute atomic E-state index is 0.0702. The minimum atomic E-state index is -0.258. The molecule has 1 aliphatic rings. The summed E-state index contributed by atoms with van der Waals surface area (Å²) in [5.41, 5.74) is 6.19. The Balaban J connectivity index is 1.60. The molecular weight excluding hydrogens is 455 g/mol. The van der Waals surface area contributed by atoms with Gasteiger partial charge in [0.2, 0.25) is 0 Å². The number of carbonyl (C=O) groups is 1. The highest BCUT2D eigenvalue weighted by molar-refractivity contribution is 6.07. The maximum absolute atomic E-state index is 13.4. The normalized spacial score (nSPS) is 12.6. The fraction of sp³-hybridized carbons (Fsp3) is 0.200. The molecule has 6 heteroatoms. The highest BCUT2D eigenvalue weighted by Gasteiger charge is 2.33. The zero-order valence-corrected chi connectivity index (χ0v) is 20.4. The summed E-state index contributed by atoms with van der Waals surface area (Å²) in [5, 5.41) is 0.945. The highest BCUT2D eigenvalue weighted by atomic mass is 19.1. The fourth-order valence-electron chi connectivity index (χ4n) is 4.72. The van der Waals surface area contributed by atoms with Crippen molar-refractivity contribution in [1.82, 2.24) is 9.88 Å². The Labute approximate surface area is 209 Å². The standard InChI is InChI=1S/C30H27FN2O3/c1-4-5-24-25-15-21(14-19-6-10-22(31)11-7-19)16-32-28(25)29(27-26(24)17-33(2)30(27)34)36-18-20-8-12-23(35-3)13-9-20/h4,6-13,15-16H,1,5,14,17-18H2,2-3H3. The second-order valence-corrected chi connectivity index (χ2v) is 8.99. The van der Waals surface area contributed by atoms with Gasteiger partial charge in [0, 0.05) is 25.2 Å². The maximum atomic E-state index is 13.4. The number of nitrogens with zero attached hydrogens (tertiary/aromatic N) is 2. The Morgan fingerprint density at radius 1 is 1.08 bits per heavy atom.